The quantitative estimate of drug-likeness (QED) is 0.646. The molecule has 0 aliphatic rings. The molecule has 0 bridgehead atoms. The number of hydrogen-bond acceptors (Lipinski definition) is 1. The second-order valence-corrected chi connectivity index (χ2v) is 7.38. The first-order valence-corrected chi connectivity index (χ1v) is 5.76. The molecule has 1 nitrogen and oxygen atoms in total. The molecule has 0 rings (SSSR count). The van der Waals surface area contributed by atoms with Crippen molar-refractivity contribution >= 4 is 92.8 Å². The van der Waals surface area contributed by atoms with Crippen LogP contribution < -0.4 is 0 Å². The zero-order chi connectivity index (χ0) is 10.9. The van der Waals surface area contributed by atoms with Crippen molar-refractivity contribution in [1.82, 2.24) is 0 Å². The van der Waals surface area contributed by atoms with Crippen LogP contribution in [-0.2, 0) is 4.74 Å². The first kappa shape index (κ1) is 15.3. The van der Waals surface area contributed by atoms with Gasteiger partial charge in [-0.3, -0.25) is 0 Å². The first-order chi connectivity index (χ1) is 5.55. The van der Waals surface area contributed by atoms with Crippen LogP contribution in [-0.4, -0.2) is 18.7 Å². The predicted octanol–water partition coefficient (Wildman–Crippen LogP) is 4.87. The summed E-state index contributed by atoms with van der Waals surface area (Å²) in [5, 5.41) is 0. The highest BCUT2D eigenvalue weighted by Crippen LogP contribution is 2.40. The van der Waals surface area contributed by atoms with Crippen molar-refractivity contribution in [3.63, 3.8) is 0 Å². The summed E-state index contributed by atoms with van der Waals surface area (Å²) in [6.45, 7) is 0. The molecule has 0 radical (unpaired) electrons. The van der Waals surface area contributed by atoms with Crippen LogP contribution >= 0.6 is 92.8 Å². The van der Waals surface area contributed by atoms with E-state index in [0.717, 1.165) is 0 Å². The third-order valence-electron chi connectivity index (χ3n) is 0.754. The maximum absolute atomic E-state index is 5.48. The van der Waals surface area contributed by atoms with E-state index < -0.39 is 18.7 Å². The third-order valence-corrected chi connectivity index (χ3v) is 3.47. The van der Waals surface area contributed by atoms with Gasteiger partial charge in [-0.15, -0.1) is 0 Å². The Balaban J connectivity index is 4.15. The van der Waals surface area contributed by atoms with Gasteiger partial charge in [0.1, 0.15) is 0 Å². The van der Waals surface area contributed by atoms with E-state index >= 15 is 0 Å². The minimum atomic E-state index is -1.84. The molecule has 0 aliphatic carbocycles. The van der Waals surface area contributed by atoms with E-state index in [1.807, 2.05) is 0 Å². The van der Waals surface area contributed by atoms with Crippen LogP contribution in [0, 0.1) is 0 Å². The Hall–Kier alpha value is 2.28. The highest BCUT2D eigenvalue weighted by atomic mass is 35.6. The molecule has 0 spiro atoms. The number of hydrogen-bond donors (Lipinski definition) is 0. The molecule has 0 unspecified atom stereocenters. The van der Waals surface area contributed by atoms with Gasteiger partial charge in [-0.2, -0.15) is 0 Å². The van der Waals surface area contributed by atoms with Gasteiger partial charge in [0.25, 0.3) is 0 Å². The zero-order valence-corrected chi connectivity index (χ0v) is 11.6. The van der Waals surface area contributed by atoms with E-state index in [1.54, 1.807) is 0 Å². The second kappa shape index (κ2) is 5.56. The number of halogens is 8. The van der Waals surface area contributed by atoms with Crippen molar-refractivity contribution < 1.29 is 4.74 Å². The predicted molar refractivity (Wildman–Crippen MR) is 60.9 cm³/mol. The van der Waals surface area contributed by atoms with Gasteiger partial charge in [-0.05, 0) is 0 Å². The van der Waals surface area contributed by atoms with Gasteiger partial charge in [0.05, 0.1) is 0 Å². The zero-order valence-electron chi connectivity index (χ0n) is 5.59. The van der Waals surface area contributed by atoms with Crippen LogP contribution in [0.15, 0.2) is 0 Å². The standard InChI is InChI=1S/C4H2Cl8O/c5-1(3(7,8)9)13-2(6)4(10,11)12/h1-2H/t1-,2+. The molecular formula is C4H2Cl8O. The molecule has 0 saturated heterocycles. The van der Waals surface area contributed by atoms with Crippen LogP contribution in [0.3, 0.4) is 0 Å². The largest absolute Gasteiger partial charge is 0.334 e. The van der Waals surface area contributed by atoms with Crippen molar-refractivity contribution in [2.75, 3.05) is 0 Å². The van der Waals surface area contributed by atoms with Gasteiger partial charge < -0.3 is 4.74 Å². The lowest BCUT2D eigenvalue weighted by atomic mass is 10.7. The molecule has 0 heterocycles. The maximum Gasteiger partial charge on any atom is 0.230 e. The van der Waals surface area contributed by atoms with E-state index in [-0.39, 0.29) is 0 Å². The minimum Gasteiger partial charge on any atom is -0.334 e. The van der Waals surface area contributed by atoms with Crippen molar-refractivity contribution in [2.24, 2.45) is 0 Å². The Kier molecular flexibility index (Phi) is 6.54. The van der Waals surface area contributed by atoms with Gasteiger partial charge in [-0.25, -0.2) is 0 Å². The smallest absolute Gasteiger partial charge is 0.230 e. The SMILES string of the molecule is Cl[C@H](O[C@H](Cl)C(Cl)(Cl)Cl)C(Cl)(Cl)Cl. The van der Waals surface area contributed by atoms with E-state index in [0.29, 0.717) is 0 Å². The van der Waals surface area contributed by atoms with Crippen molar-refractivity contribution in [3.05, 3.63) is 0 Å². The lowest BCUT2D eigenvalue weighted by molar-refractivity contribution is 0.0865. The fourth-order valence-electron chi connectivity index (χ4n) is 0.259. The molecule has 0 aromatic carbocycles. The summed E-state index contributed by atoms with van der Waals surface area (Å²) in [5.41, 5.74) is -2.62. The number of ether oxygens (including phenoxy) is 1. The van der Waals surface area contributed by atoms with Crippen LogP contribution in [0.5, 0.6) is 0 Å². The molecule has 13 heavy (non-hydrogen) atoms. The number of alkyl halides is 8. The summed E-state index contributed by atoms with van der Waals surface area (Å²) in [5.74, 6) is 0. The van der Waals surface area contributed by atoms with Gasteiger partial charge in [0.15, 0.2) is 11.1 Å². The molecule has 0 aliphatic heterocycles. The summed E-state index contributed by atoms with van der Waals surface area (Å²) in [6, 6.07) is 0. The van der Waals surface area contributed by atoms with Crippen molar-refractivity contribution in [3.8, 4) is 0 Å². The Morgan fingerprint density at radius 3 is 1.08 bits per heavy atom. The van der Waals surface area contributed by atoms with Crippen LogP contribution in [0.4, 0.5) is 0 Å². The monoisotopic (exact) mass is 346 g/mol. The average Bonchev–Trinajstić information content (AvgIpc) is 1.82. The molecular weight excluding hydrogens is 348 g/mol. The first-order valence-electron chi connectivity index (χ1n) is 2.62. The fraction of sp³-hybridized carbons (Fsp3) is 1.00. The lowest BCUT2D eigenvalue weighted by Gasteiger charge is -2.24. The van der Waals surface area contributed by atoms with Crippen LogP contribution in [0.25, 0.3) is 0 Å². The summed E-state index contributed by atoms with van der Waals surface area (Å²) < 4.78 is 1.03. The van der Waals surface area contributed by atoms with Gasteiger partial charge in [-0.1, -0.05) is 92.8 Å². The normalized spacial score (nSPS) is 18.5. The summed E-state index contributed by atoms with van der Waals surface area (Å²) in [7, 11) is 0. The third kappa shape index (κ3) is 6.44. The Morgan fingerprint density at radius 1 is 0.692 bits per heavy atom. The second-order valence-electron chi connectivity index (χ2n) is 1.85. The maximum atomic E-state index is 5.48. The van der Waals surface area contributed by atoms with Crippen molar-refractivity contribution in [2.45, 2.75) is 18.7 Å². The minimum absolute atomic E-state index is 1.31. The summed E-state index contributed by atoms with van der Waals surface area (Å²) >= 11 is 43.1. The number of rotatable bonds is 2. The molecule has 80 valence electrons. The summed E-state index contributed by atoms with van der Waals surface area (Å²) in [4.78, 5) is 0. The van der Waals surface area contributed by atoms with Crippen LogP contribution in [0.2, 0.25) is 0 Å². The van der Waals surface area contributed by atoms with E-state index in [9.17, 15) is 0 Å². The van der Waals surface area contributed by atoms with Gasteiger partial charge in [0, 0.05) is 0 Å². The van der Waals surface area contributed by atoms with Gasteiger partial charge in [0.2, 0.25) is 7.59 Å². The molecule has 2 atom stereocenters. The Labute approximate surface area is 115 Å². The molecule has 0 saturated carbocycles. The molecule has 0 fully saturated rings. The lowest BCUT2D eigenvalue weighted by Crippen LogP contribution is -2.32. The Bertz CT molecular complexity index is 141. The molecule has 0 amide bonds. The van der Waals surface area contributed by atoms with E-state index in [1.165, 1.54) is 0 Å². The highest BCUT2D eigenvalue weighted by Gasteiger charge is 2.39. The molecule has 0 aromatic rings. The fourth-order valence-corrected chi connectivity index (χ4v) is 0.826. The van der Waals surface area contributed by atoms with Gasteiger partial charge >= 0.3 is 0 Å². The van der Waals surface area contributed by atoms with Crippen molar-refractivity contribution in [1.29, 1.82) is 0 Å². The Morgan fingerprint density at radius 2 is 0.923 bits per heavy atom. The van der Waals surface area contributed by atoms with E-state index in [2.05, 4.69) is 0 Å². The molecule has 0 aromatic heterocycles. The highest BCUT2D eigenvalue weighted by molar-refractivity contribution is 6.71. The average molecular weight is 350 g/mol. The topological polar surface area (TPSA) is 9.23 Å². The van der Waals surface area contributed by atoms with E-state index in [4.69, 9.17) is 97.5 Å². The van der Waals surface area contributed by atoms with Crippen LogP contribution in [0.1, 0.15) is 0 Å². The molecule has 0 N–H and O–H groups in total. The molecule has 9 heteroatoms. The summed E-state index contributed by atoms with van der Waals surface area (Å²) in [6.07, 6.45) is 0.